The standard InChI is InChI=1S/C15H13N3O2S/c1-17(15(19)11-6-8-18(20)9-7-11)10-14-16-12-4-2-3-5-13(12)21-14/h2-9H,10H2,1H3. The van der Waals surface area contributed by atoms with Crippen molar-refractivity contribution in [3.63, 3.8) is 0 Å². The summed E-state index contributed by atoms with van der Waals surface area (Å²) in [4.78, 5) is 18.4. The maximum absolute atomic E-state index is 12.3. The number of fused-ring (bicyclic) bond motifs is 1. The average Bonchev–Trinajstić information content (AvgIpc) is 2.89. The molecule has 0 saturated heterocycles. The van der Waals surface area contributed by atoms with Gasteiger partial charge in [-0.05, 0) is 12.1 Å². The molecule has 2 heterocycles. The smallest absolute Gasteiger partial charge is 0.254 e. The molecule has 21 heavy (non-hydrogen) atoms. The summed E-state index contributed by atoms with van der Waals surface area (Å²) in [6.07, 6.45) is 2.64. The second-order valence-electron chi connectivity index (χ2n) is 4.68. The fourth-order valence-electron chi connectivity index (χ4n) is 2.04. The van der Waals surface area contributed by atoms with Gasteiger partial charge in [-0.2, -0.15) is 4.73 Å². The number of thiazole rings is 1. The summed E-state index contributed by atoms with van der Waals surface area (Å²) >= 11 is 1.58. The molecule has 0 saturated carbocycles. The first-order chi connectivity index (χ1) is 10.1. The molecule has 6 heteroatoms. The van der Waals surface area contributed by atoms with Crippen LogP contribution in [0.1, 0.15) is 15.4 Å². The van der Waals surface area contributed by atoms with E-state index in [0.29, 0.717) is 16.8 Å². The van der Waals surface area contributed by atoms with Gasteiger partial charge in [0.25, 0.3) is 5.91 Å². The molecule has 0 aliphatic carbocycles. The van der Waals surface area contributed by atoms with Gasteiger partial charge in [0.1, 0.15) is 5.01 Å². The van der Waals surface area contributed by atoms with Crippen LogP contribution in [0.15, 0.2) is 48.8 Å². The highest BCUT2D eigenvalue weighted by Crippen LogP contribution is 2.22. The average molecular weight is 299 g/mol. The Labute approximate surface area is 125 Å². The van der Waals surface area contributed by atoms with Gasteiger partial charge in [-0.3, -0.25) is 4.79 Å². The third-order valence-corrected chi connectivity index (χ3v) is 4.13. The van der Waals surface area contributed by atoms with Crippen molar-refractivity contribution in [3.05, 3.63) is 64.6 Å². The number of rotatable bonds is 3. The zero-order valence-electron chi connectivity index (χ0n) is 11.4. The van der Waals surface area contributed by atoms with Crippen LogP contribution in [0.3, 0.4) is 0 Å². The predicted octanol–water partition coefficient (Wildman–Crippen LogP) is 2.20. The van der Waals surface area contributed by atoms with Crippen molar-refractivity contribution < 1.29 is 9.52 Å². The number of carbonyl (C=O) groups excluding carboxylic acids is 1. The lowest BCUT2D eigenvalue weighted by Gasteiger charge is -2.15. The molecule has 106 valence electrons. The molecule has 0 unspecified atom stereocenters. The molecule has 0 N–H and O–H groups in total. The van der Waals surface area contributed by atoms with Crippen molar-refractivity contribution in [3.8, 4) is 0 Å². The van der Waals surface area contributed by atoms with Crippen molar-refractivity contribution in [2.45, 2.75) is 6.54 Å². The number of pyridine rings is 1. The predicted molar refractivity (Wildman–Crippen MR) is 80.8 cm³/mol. The number of amides is 1. The van der Waals surface area contributed by atoms with Gasteiger partial charge in [0.2, 0.25) is 0 Å². The van der Waals surface area contributed by atoms with E-state index in [1.807, 2.05) is 24.3 Å². The van der Waals surface area contributed by atoms with Gasteiger partial charge in [-0.1, -0.05) is 12.1 Å². The Hall–Kier alpha value is -2.47. The van der Waals surface area contributed by atoms with Crippen LogP contribution in [-0.2, 0) is 6.54 Å². The van der Waals surface area contributed by atoms with E-state index in [9.17, 15) is 10.0 Å². The van der Waals surface area contributed by atoms with E-state index < -0.39 is 0 Å². The largest absolute Gasteiger partial charge is 0.619 e. The summed E-state index contributed by atoms with van der Waals surface area (Å²) in [6, 6.07) is 10.9. The molecule has 1 amide bonds. The molecule has 0 spiro atoms. The van der Waals surface area contributed by atoms with Gasteiger partial charge < -0.3 is 10.1 Å². The third-order valence-electron chi connectivity index (χ3n) is 3.11. The molecule has 0 aliphatic rings. The highest BCUT2D eigenvalue weighted by molar-refractivity contribution is 7.18. The van der Waals surface area contributed by atoms with Gasteiger partial charge in [-0.15, -0.1) is 11.3 Å². The van der Waals surface area contributed by atoms with E-state index in [0.717, 1.165) is 15.2 Å². The molecule has 0 atom stereocenters. The Morgan fingerprint density at radius 2 is 2.00 bits per heavy atom. The molecule has 0 bridgehead atoms. The summed E-state index contributed by atoms with van der Waals surface area (Å²) in [5.41, 5.74) is 1.44. The first-order valence-electron chi connectivity index (χ1n) is 6.42. The van der Waals surface area contributed by atoms with E-state index in [2.05, 4.69) is 4.98 Å². The molecular weight excluding hydrogens is 286 g/mol. The van der Waals surface area contributed by atoms with Gasteiger partial charge in [0.15, 0.2) is 12.4 Å². The van der Waals surface area contributed by atoms with Gasteiger partial charge in [-0.25, -0.2) is 4.98 Å². The van der Waals surface area contributed by atoms with Gasteiger partial charge in [0, 0.05) is 19.2 Å². The number of carbonyl (C=O) groups is 1. The Kier molecular flexibility index (Phi) is 3.53. The molecule has 0 fully saturated rings. The highest BCUT2D eigenvalue weighted by Gasteiger charge is 2.14. The fourth-order valence-corrected chi connectivity index (χ4v) is 3.06. The Morgan fingerprint density at radius 3 is 2.71 bits per heavy atom. The molecular formula is C15H13N3O2S. The van der Waals surface area contributed by atoms with Crippen molar-refractivity contribution in [2.24, 2.45) is 0 Å². The zero-order chi connectivity index (χ0) is 14.8. The van der Waals surface area contributed by atoms with E-state index >= 15 is 0 Å². The normalized spacial score (nSPS) is 10.7. The number of hydrogen-bond acceptors (Lipinski definition) is 4. The topological polar surface area (TPSA) is 60.1 Å². The molecule has 0 radical (unpaired) electrons. The van der Waals surface area contributed by atoms with Crippen molar-refractivity contribution in [1.82, 2.24) is 9.88 Å². The lowest BCUT2D eigenvalue weighted by molar-refractivity contribution is -0.605. The van der Waals surface area contributed by atoms with E-state index in [1.54, 1.807) is 23.3 Å². The third kappa shape index (κ3) is 2.85. The maximum atomic E-state index is 12.3. The maximum Gasteiger partial charge on any atom is 0.254 e. The van der Waals surface area contributed by atoms with Crippen LogP contribution in [0.5, 0.6) is 0 Å². The summed E-state index contributed by atoms with van der Waals surface area (Å²) in [5.74, 6) is -0.130. The Morgan fingerprint density at radius 1 is 1.29 bits per heavy atom. The van der Waals surface area contributed by atoms with Crippen LogP contribution in [-0.4, -0.2) is 22.8 Å². The van der Waals surface area contributed by atoms with Crippen LogP contribution in [0.2, 0.25) is 0 Å². The second kappa shape index (κ2) is 5.49. The molecule has 0 aliphatic heterocycles. The van der Waals surface area contributed by atoms with Crippen LogP contribution in [0.25, 0.3) is 10.2 Å². The summed E-state index contributed by atoms with van der Waals surface area (Å²) in [5, 5.41) is 11.9. The number of benzene rings is 1. The molecule has 2 aromatic heterocycles. The van der Waals surface area contributed by atoms with E-state index in [1.165, 1.54) is 24.5 Å². The van der Waals surface area contributed by atoms with E-state index in [-0.39, 0.29) is 5.91 Å². The summed E-state index contributed by atoms with van der Waals surface area (Å²) < 4.78 is 1.77. The SMILES string of the molecule is CN(Cc1nc2ccccc2s1)C(=O)c1cc[n+]([O-])cc1. The summed E-state index contributed by atoms with van der Waals surface area (Å²) in [6.45, 7) is 0.449. The minimum atomic E-state index is -0.130. The van der Waals surface area contributed by atoms with Crippen molar-refractivity contribution >= 4 is 27.5 Å². The number of para-hydroxylation sites is 1. The number of hydrogen-bond donors (Lipinski definition) is 0. The highest BCUT2D eigenvalue weighted by atomic mass is 32.1. The quantitative estimate of drug-likeness (QED) is 0.550. The number of nitrogens with zero attached hydrogens (tertiary/aromatic N) is 3. The lowest BCUT2D eigenvalue weighted by atomic mass is 10.2. The zero-order valence-corrected chi connectivity index (χ0v) is 12.2. The molecule has 1 aromatic carbocycles. The minimum absolute atomic E-state index is 0.130. The number of aromatic nitrogens is 2. The summed E-state index contributed by atoms with van der Waals surface area (Å²) in [7, 11) is 1.73. The van der Waals surface area contributed by atoms with E-state index in [4.69, 9.17) is 0 Å². The van der Waals surface area contributed by atoms with Crippen LogP contribution >= 0.6 is 11.3 Å². The fraction of sp³-hybridized carbons (Fsp3) is 0.133. The first kappa shape index (κ1) is 13.5. The Balaban J connectivity index is 1.77. The minimum Gasteiger partial charge on any atom is -0.619 e. The monoisotopic (exact) mass is 299 g/mol. The van der Waals surface area contributed by atoms with Crippen molar-refractivity contribution in [2.75, 3.05) is 7.05 Å². The van der Waals surface area contributed by atoms with Crippen LogP contribution < -0.4 is 4.73 Å². The first-order valence-corrected chi connectivity index (χ1v) is 7.24. The van der Waals surface area contributed by atoms with Crippen molar-refractivity contribution in [1.29, 1.82) is 0 Å². The second-order valence-corrected chi connectivity index (χ2v) is 5.80. The molecule has 5 nitrogen and oxygen atoms in total. The van der Waals surface area contributed by atoms with Crippen LogP contribution in [0.4, 0.5) is 0 Å². The molecule has 3 rings (SSSR count). The van der Waals surface area contributed by atoms with Gasteiger partial charge >= 0.3 is 0 Å². The van der Waals surface area contributed by atoms with Gasteiger partial charge in [0.05, 0.1) is 22.3 Å². The molecule has 3 aromatic rings. The lowest BCUT2D eigenvalue weighted by Crippen LogP contribution is -2.29. The van der Waals surface area contributed by atoms with Crippen LogP contribution in [0, 0.1) is 5.21 Å². The Bertz CT molecular complexity index is 750.